The number of carbonyl (C=O) groups excluding carboxylic acids is 2. The highest BCUT2D eigenvalue weighted by molar-refractivity contribution is 5.82. The molecule has 0 N–H and O–H groups in total. The number of hydrogen-bond acceptors (Lipinski definition) is 3. The van der Waals surface area contributed by atoms with Gasteiger partial charge < -0.3 is 14.5 Å². The predicted molar refractivity (Wildman–Crippen MR) is 78.6 cm³/mol. The lowest BCUT2D eigenvalue weighted by Crippen LogP contribution is -2.51. The Morgan fingerprint density at radius 3 is 1.81 bits per heavy atom. The van der Waals surface area contributed by atoms with E-state index in [4.69, 9.17) is 4.74 Å². The molecule has 2 unspecified atom stereocenters. The van der Waals surface area contributed by atoms with E-state index in [-0.39, 0.29) is 30.0 Å². The van der Waals surface area contributed by atoms with Crippen molar-refractivity contribution in [1.29, 1.82) is 0 Å². The van der Waals surface area contributed by atoms with Gasteiger partial charge in [0.1, 0.15) is 0 Å². The van der Waals surface area contributed by atoms with E-state index in [1.54, 1.807) is 0 Å². The van der Waals surface area contributed by atoms with Crippen LogP contribution in [0.5, 0.6) is 0 Å². The van der Waals surface area contributed by atoms with Crippen LogP contribution >= 0.6 is 0 Å². The Bertz CT molecular complexity index is 404. The summed E-state index contributed by atoms with van der Waals surface area (Å²) >= 11 is 0. The molecule has 5 nitrogen and oxygen atoms in total. The summed E-state index contributed by atoms with van der Waals surface area (Å²) in [6.07, 6.45) is 3.99. The zero-order chi connectivity index (χ0) is 15.0. The molecule has 2 saturated heterocycles. The van der Waals surface area contributed by atoms with Gasteiger partial charge in [0, 0.05) is 38.0 Å². The summed E-state index contributed by atoms with van der Waals surface area (Å²) in [5.74, 6) is 0.953. The Kier molecular flexibility index (Phi) is 4.20. The Balaban J connectivity index is 1.51. The second kappa shape index (κ2) is 5.95. The van der Waals surface area contributed by atoms with Crippen LogP contribution in [-0.2, 0) is 14.3 Å². The van der Waals surface area contributed by atoms with Crippen molar-refractivity contribution in [2.75, 3.05) is 26.2 Å². The van der Waals surface area contributed by atoms with Crippen LogP contribution in [0, 0.1) is 11.8 Å². The molecule has 5 heteroatoms. The van der Waals surface area contributed by atoms with Crippen LogP contribution in [0.2, 0.25) is 0 Å². The van der Waals surface area contributed by atoms with Gasteiger partial charge in [0.05, 0.1) is 12.2 Å². The maximum Gasteiger partial charge on any atom is 0.225 e. The second-order valence-corrected chi connectivity index (χ2v) is 6.87. The molecule has 21 heavy (non-hydrogen) atoms. The molecule has 3 aliphatic rings. The fourth-order valence-corrected chi connectivity index (χ4v) is 3.55. The number of hydrogen-bond donors (Lipinski definition) is 0. The minimum Gasteiger partial charge on any atom is -0.372 e. The lowest BCUT2D eigenvalue weighted by atomic mass is 9.94. The summed E-state index contributed by atoms with van der Waals surface area (Å²) in [5.41, 5.74) is 0. The van der Waals surface area contributed by atoms with Crippen LogP contribution in [0.1, 0.15) is 39.5 Å². The van der Waals surface area contributed by atoms with Gasteiger partial charge in [0.15, 0.2) is 0 Å². The van der Waals surface area contributed by atoms with Gasteiger partial charge in [-0.3, -0.25) is 9.59 Å². The molecular formula is C16H26N2O3. The summed E-state index contributed by atoms with van der Waals surface area (Å²) in [4.78, 5) is 28.6. The van der Waals surface area contributed by atoms with Crippen LogP contribution in [0.3, 0.4) is 0 Å². The third-order valence-corrected chi connectivity index (χ3v) is 4.81. The monoisotopic (exact) mass is 294 g/mol. The zero-order valence-corrected chi connectivity index (χ0v) is 13.1. The fourth-order valence-electron chi connectivity index (χ4n) is 3.55. The molecule has 0 spiro atoms. The number of likely N-dealkylation sites (tertiary alicyclic amines) is 1. The van der Waals surface area contributed by atoms with E-state index >= 15 is 0 Å². The Hall–Kier alpha value is -1.10. The highest BCUT2D eigenvalue weighted by atomic mass is 16.5. The van der Waals surface area contributed by atoms with Crippen molar-refractivity contribution >= 4 is 11.8 Å². The Morgan fingerprint density at radius 2 is 1.29 bits per heavy atom. The molecule has 2 atom stereocenters. The van der Waals surface area contributed by atoms with Gasteiger partial charge in [0.25, 0.3) is 0 Å². The van der Waals surface area contributed by atoms with Crippen molar-refractivity contribution < 1.29 is 14.3 Å². The molecule has 0 radical (unpaired) electrons. The van der Waals surface area contributed by atoms with Gasteiger partial charge in [-0.25, -0.2) is 0 Å². The Morgan fingerprint density at radius 1 is 0.810 bits per heavy atom. The summed E-state index contributed by atoms with van der Waals surface area (Å²) in [6.45, 7) is 6.94. The molecule has 2 heterocycles. The summed E-state index contributed by atoms with van der Waals surface area (Å²) in [7, 11) is 0. The molecule has 0 aromatic carbocycles. The maximum absolute atomic E-state index is 12.6. The number of nitrogens with zero attached hydrogens (tertiary/aromatic N) is 2. The van der Waals surface area contributed by atoms with E-state index in [1.165, 1.54) is 0 Å². The molecule has 1 saturated carbocycles. The summed E-state index contributed by atoms with van der Waals surface area (Å²) in [5, 5.41) is 0. The SMILES string of the molecule is CC1CN(C(=O)C2CCN(C(=O)C3CC3)CC2)CC(C)O1. The first-order valence-corrected chi connectivity index (χ1v) is 8.27. The molecule has 0 bridgehead atoms. The molecule has 3 rings (SSSR count). The lowest BCUT2D eigenvalue weighted by Gasteiger charge is -2.39. The molecule has 3 fully saturated rings. The first-order valence-electron chi connectivity index (χ1n) is 8.27. The largest absolute Gasteiger partial charge is 0.372 e. The molecule has 118 valence electrons. The van der Waals surface area contributed by atoms with Gasteiger partial charge >= 0.3 is 0 Å². The van der Waals surface area contributed by atoms with Crippen molar-refractivity contribution in [3.8, 4) is 0 Å². The normalized spacial score (nSPS) is 31.3. The van der Waals surface area contributed by atoms with Crippen LogP contribution < -0.4 is 0 Å². The van der Waals surface area contributed by atoms with Crippen molar-refractivity contribution in [1.82, 2.24) is 9.80 Å². The molecule has 2 amide bonds. The van der Waals surface area contributed by atoms with E-state index in [9.17, 15) is 9.59 Å². The molecule has 2 aliphatic heterocycles. The lowest BCUT2D eigenvalue weighted by molar-refractivity contribution is -0.150. The smallest absolute Gasteiger partial charge is 0.225 e. The van der Waals surface area contributed by atoms with Crippen LogP contribution in [0.4, 0.5) is 0 Å². The van der Waals surface area contributed by atoms with Crippen LogP contribution in [0.15, 0.2) is 0 Å². The maximum atomic E-state index is 12.6. The standard InChI is InChI=1S/C16H26N2O3/c1-11-9-18(10-12(2)21-11)16(20)14-5-7-17(8-6-14)15(19)13-3-4-13/h11-14H,3-10H2,1-2H3. The number of amides is 2. The highest BCUT2D eigenvalue weighted by Gasteiger charge is 2.37. The third kappa shape index (κ3) is 3.39. The van der Waals surface area contributed by atoms with Crippen molar-refractivity contribution in [2.24, 2.45) is 11.8 Å². The predicted octanol–water partition coefficient (Wildman–Crippen LogP) is 1.27. The van der Waals surface area contributed by atoms with E-state index in [1.807, 2.05) is 23.6 Å². The topological polar surface area (TPSA) is 49.9 Å². The molecule has 0 aromatic rings. The number of carbonyl (C=O) groups is 2. The Labute approximate surface area is 126 Å². The van der Waals surface area contributed by atoms with E-state index in [0.717, 1.165) is 38.8 Å². The number of morpholine rings is 1. The average molecular weight is 294 g/mol. The average Bonchev–Trinajstić information content (AvgIpc) is 3.29. The first-order chi connectivity index (χ1) is 10.0. The summed E-state index contributed by atoms with van der Waals surface area (Å²) in [6, 6.07) is 0. The number of rotatable bonds is 2. The fraction of sp³-hybridized carbons (Fsp3) is 0.875. The minimum atomic E-state index is 0.0887. The highest BCUT2D eigenvalue weighted by Crippen LogP contribution is 2.32. The van der Waals surface area contributed by atoms with Crippen molar-refractivity contribution in [3.05, 3.63) is 0 Å². The van der Waals surface area contributed by atoms with Gasteiger partial charge in [-0.2, -0.15) is 0 Å². The number of piperidine rings is 1. The van der Waals surface area contributed by atoms with E-state index in [2.05, 4.69) is 0 Å². The zero-order valence-electron chi connectivity index (χ0n) is 13.1. The van der Waals surface area contributed by atoms with E-state index < -0.39 is 0 Å². The van der Waals surface area contributed by atoms with Gasteiger partial charge in [-0.1, -0.05) is 0 Å². The van der Waals surface area contributed by atoms with Gasteiger partial charge in [-0.15, -0.1) is 0 Å². The second-order valence-electron chi connectivity index (χ2n) is 6.87. The van der Waals surface area contributed by atoms with Gasteiger partial charge in [0.2, 0.25) is 11.8 Å². The van der Waals surface area contributed by atoms with Crippen molar-refractivity contribution in [2.45, 2.75) is 51.7 Å². The quantitative estimate of drug-likeness (QED) is 0.770. The summed E-state index contributed by atoms with van der Waals surface area (Å²) < 4.78 is 5.69. The minimum absolute atomic E-state index is 0.0887. The first kappa shape index (κ1) is 14.8. The molecule has 1 aliphatic carbocycles. The van der Waals surface area contributed by atoms with E-state index in [0.29, 0.717) is 19.0 Å². The van der Waals surface area contributed by atoms with Crippen LogP contribution in [0.25, 0.3) is 0 Å². The third-order valence-electron chi connectivity index (χ3n) is 4.81. The van der Waals surface area contributed by atoms with Crippen LogP contribution in [-0.4, -0.2) is 60.0 Å². The van der Waals surface area contributed by atoms with Gasteiger partial charge in [-0.05, 0) is 39.5 Å². The van der Waals surface area contributed by atoms with Crippen molar-refractivity contribution in [3.63, 3.8) is 0 Å². The number of ether oxygens (including phenoxy) is 1. The molecule has 0 aromatic heterocycles. The molecular weight excluding hydrogens is 268 g/mol.